The summed E-state index contributed by atoms with van der Waals surface area (Å²) in [6.07, 6.45) is 1.26. The zero-order valence-electron chi connectivity index (χ0n) is 10.6. The van der Waals surface area contributed by atoms with E-state index in [9.17, 15) is 4.79 Å². The number of para-hydroxylation sites is 1. The van der Waals surface area contributed by atoms with Gasteiger partial charge in [-0.05, 0) is 25.5 Å². The van der Waals surface area contributed by atoms with E-state index in [1.165, 1.54) is 0 Å². The van der Waals surface area contributed by atoms with E-state index < -0.39 is 5.60 Å². The van der Waals surface area contributed by atoms with E-state index in [1.807, 2.05) is 32.0 Å². The first-order valence-corrected chi connectivity index (χ1v) is 5.86. The Morgan fingerprint density at radius 3 is 2.94 bits per heavy atom. The van der Waals surface area contributed by atoms with Gasteiger partial charge >= 0.3 is 0 Å². The summed E-state index contributed by atoms with van der Waals surface area (Å²) in [6, 6.07) is 5.76. The van der Waals surface area contributed by atoms with E-state index >= 15 is 0 Å². The second kappa shape index (κ2) is 4.49. The van der Waals surface area contributed by atoms with Crippen LogP contribution in [-0.2, 0) is 11.2 Å². The number of ether oxygens (including phenoxy) is 2. The minimum atomic E-state index is -0.432. The van der Waals surface area contributed by atoms with Crippen molar-refractivity contribution < 1.29 is 14.3 Å². The molecular weight excluding hydrogens is 216 g/mol. The molecule has 0 unspecified atom stereocenters. The van der Waals surface area contributed by atoms with E-state index in [0.29, 0.717) is 18.6 Å². The zero-order chi connectivity index (χ0) is 12.5. The summed E-state index contributed by atoms with van der Waals surface area (Å²) in [5.41, 5.74) is 1.38. The molecule has 0 bridgehead atoms. The van der Waals surface area contributed by atoms with E-state index in [4.69, 9.17) is 9.47 Å². The minimum absolute atomic E-state index is 0.0793. The topological polar surface area (TPSA) is 35.5 Å². The van der Waals surface area contributed by atoms with Gasteiger partial charge in [0, 0.05) is 20.0 Å². The lowest BCUT2D eigenvalue weighted by Crippen LogP contribution is -2.26. The summed E-state index contributed by atoms with van der Waals surface area (Å²) in [4.78, 5) is 12.2. The summed E-state index contributed by atoms with van der Waals surface area (Å²) >= 11 is 0. The van der Waals surface area contributed by atoms with Gasteiger partial charge in [-0.1, -0.05) is 12.1 Å². The predicted octanol–water partition coefficient (Wildman–Crippen LogP) is 2.62. The smallest absolute Gasteiger partial charge is 0.169 e. The number of Topliss-reactive ketones (excluding diaryl/α,β-unsaturated/α-hetero) is 1. The lowest BCUT2D eigenvalue weighted by Gasteiger charge is -2.22. The molecule has 0 atom stereocenters. The van der Waals surface area contributed by atoms with Crippen LogP contribution in [0.4, 0.5) is 0 Å². The molecule has 1 aromatic carbocycles. The van der Waals surface area contributed by atoms with E-state index in [2.05, 4.69) is 0 Å². The highest BCUT2D eigenvalue weighted by Gasteiger charge is 2.26. The molecule has 0 amide bonds. The molecule has 1 aromatic rings. The Morgan fingerprint density at radius 2 is 2.24 bits per heavy atom. The first-order chi connectivity index (χ1) is 8.03. The first-order valence-electron chi connectivity index (χ1n) is 5.86. The predicted molar refractivity (Wildman–Crippen MR) is 65.7 cm³/mol. The Kier molecular flexibility index (Phi) is 3.20. The molecule has 3 nitrogen and oxygen atoms in total. The first kappa shape index (κ1) is 12.1. The maximum atomic E-state index is 12.2. The van der Waals surface area contributed by atoms with Gasteiger partial charge < -0.3 is 9.47 Å². The van der Waals surface area contributed by atoms with Gasteiger partial charge in [-0.25, -0.2) is 0 Å². The third-order valence-electron chi connectivity index (χ3n) is 3.15. The van der Waals surface area contributed by atoms with Crippen molar-refractivity contribution in [2.75, 3.05) is 13.7 Å². The fourth-order valence-corrected chi connectivity index (χ4v) is 1.99. The van der Waals surface area contributed by atoms with Gasteiger partial charge in [0.1, 0.15) is 5.75 Å². The SMILES string of the molecule is COC(C)(C)CC(=O)c1cccc2c1OCC2. The second-order valence-corrected chi connectivity index (χ2v) is 4.96. The molecule has 17 heavy (non-hydrogen) atoms. The van der Waals surface area contributed by atoms with Crippen LogP contribution in [0, 0.1) is 0 Å². The van der Waals surface area contributed by atoms with E-state index in [0.717, 1.165) is 17.7 Å². The third kappa shape index (κ3) is 2.50. The van der Waals surface area contributed by atoms with Crippen molar-refractivity contribution in [1.82, 2.24) is 0 Å². The number of hydrogen-bond donors (Lipinski definition) is 0. The van der Waals surface area contributed by atoms with Gasteiger partial charge in [0.25, 0.3) is 0 Å². The molecule has 0 saturated heterocycles. The Hall–Kier alpha value is -1.35. The lowest BCUT2D eigenvalue weighted by molar-refractivity contribution is 0.0171. The highest BCUT2D eigenvalue weighted by atomic mass is 16.5. The van der Waals surface area contributed by atoms with Crippen molar-refractivity contribution in [3.63, 3.8) is 0 Å². The van der Waals surface area contributed by atoms with Crippen LogP contribution in [0.1, 0.15) is 36.2 Å². The van der Waals surface area contributed by atoms with Gasteiger partial charge in [-0.15, -0.1) is 0 Å². The molecule has 2 rings (SSSR count). The summed E-state index contributed by atoms with van der Waals surface area (Å²) < 4.78 is 10.8. The molecule has 1 aliphatic rings. The van der Waals surface area contributed by atoms with Crippen molar-refractivity contribution >= 4 is 5.78 Å². The maximum absolute atomic E-state index is 12.2. The number of hydrogen-bond acceptors (Lipinski definition) is 3. The normalized spacial score (nSPS) is 14.3. The largest absolute Gasteiger partial charge is 0.492 e. The monoisotopic (exact) mass is 234 g/mol. The number of carbonyl (C=O) groups excluding carboxylic acids is 1. The van der Waals surface area contributed by atoms with Gasteiger partial charge in [-0.3, -0.25) is 4.79 Å². The molecule has 92 valence electrons. The average molecular weight is 234 g/mol. The molecular formula is C14H18O3. The fraction of sp³-hybridized carbons (Fsp3) is 0.500. The highest BCUT2D eigenvalue weighted by Crippen LogP contribution is 2.31. The molecule has 3 heteroatoms. The Labute approximate surface area is 102 Å². The molecule has 1 heterocycles. The van der Waals surface area contributed by atoms with Gasteiger partial charge in [0.05, 0.1) is 17.8 Å². The Morgan fingerprint density at radius 1 is 1.47 bits per heavy atom. The zero-order valence-corrected chi connectivity index (χ0v) is 10.6. The number of fused-ring (bicyclic) bond motifs is 1. The Bertz CT molecular complexity index is 435. The van der Waals surface area contributed by atoms with Crippen LogP contribution in [0.5, 0.6) is 5.75 Å². The third-order valence-corrected chi connectivity index (χ3v) is 3.15. The van der Waals surface area contributed by atoms with Crippen molar-refractivity contribution in [2.24, 2.45) is 0 Å². The number of ketones is 1. The van der Waals surface area contributed by atoms with E-state index in [-0.39, 0.29) is 5.78 Å². The summed E-state index contributed by atoms with van der Waals surface area (Å²) in [7, 11) is 1.62. The van der Waals surface area contributed by atoms with Crippen LogP contribution in [0.15, 0.2) is 18.2 Å². The summed E-state index contributed by atoms with van der Waals surface area (Å²) in [5, 5.41) is 0. The fourth-order valence-electron chi connectivity index (χ4n) is 1.99. The molecule has 0 N–H and O–H groups in total. The van der Waals surface area contributed by atoms with Gasteiger partial charge in [0.2, 0.25) is 0 Å². The standard InChI is InChI=1S/C14H18O3/c1-14(2,16-3)9-12(15)11-6-4-5-10-7-8-17-13(10)11/h4-6H,7-9H2,1-3H3. The van der Waals surface area contributed by atoms with Crippen LogP contribution >= 0.6 is 0 Å². The van der Waals surface area contributed by atoms with Crippen LogP contribution in [0.2, 0.25) is 0 Å². The Balaban J connectivity index is 2.24. The number of rotatable bonds is 4. The maximum Gasteiger partial charge on any atom is 0.169 e. The van der Waals surface area contributed by atoms with Crippen LogP contribution in [-0.4, -0.2) is 25.1 Å². The van der Waals surface area contributed by atoms with Crippen molar-refractivity contribution in [1.29, 1.82) is 0 Å². The highest BCUT2D eigenvalue weighted by molar-refractivity contribution is 5.99. The van der Waals surface area contributed by atoms with Crippen LogP contribution in [0.3, 0.4) is 0 Å². The van der Waals surface area contributed by atoms with Crippen molar-refractivity contribution in [2.45, 2.75) is 32.3 Å². The molecule has 0 spiro atoms. The number of benzene rings is 1. The van der Waals surface area contributed by atoms with Gasteiger partial charge in [-0.2, -0.15) is 0 Å². The molecule has 0 saturated carbocycles. The van der Waals surface area contributed by atoms with Crippen molar-refractivity contribution in [3.05, 3.63) is 29.3 Å². The van der Waals surface area contributed by atoms with Crippen molar-refractivity contribution in [3.8, 4) is 5.75 Å². The minimum Gasteiger partial charge on any atom is -0.492 e. The van der Waals surface area contributed by atoms with Crippen LogP contribution < -0.4 is 4.74 Å². The average Bonchev–Trinajstić information content (AvgIpc) is 2.76. The quantitative estimate of drug-likeness (QED) is 0.751. The molecule has 0 fully saturated rings. The van der Waals surface area contributed by atoms with Crippen LogP contribution in [0.25, 0.3) is 0 Å². The lowest BCUT2D eigenvalue weighted by atomic mass is 9.95. The molecule has 1 aliphatic heterocycles. The summed E-state index contributed by atoms with van der Waals surface area (Å²) in [6.45, 7) is 4.50. The molecule has 0 aliphatic carbocycles. The van der Waals surface area contributed by atoms with E-state index in [1.54, 1.807) is 7.11 Å². The molecule has 0 aromatic heterocycles. The molecule has 0 radical (unpaired) electrons. The number of carbonyl (C=O) groups is 1. The van der Waals surface area contributed by atoms with Gasteiger partial charge in [0.15, 0.2) is 5.78 Å². The second-order valence-electron chi connectivity index (χ2n) is 4.96. The summed E-state index contributed by atoms with van der Waals surface area (Å²) in [5.74, 6) is 0.847. The number of methoxy groups -OCH3 is 1.